The molecule has 0 aliphatic carbocycles. The average Bonchev–Trinajstić information content (AvgIpc) is 2.88. The Hall–Kier alpha value is -2.38. The molecule has 0 radical (unpaired) electrons. The minimum atomic E-state index is -0.422. The van der Waals surface area contributed by atoms with Gasteiger partial charge in [-0.3, -0.25) is 4.90 Å². The van der Waals surface area contributed by atoms with Crippen molar-refractivity contribution in [1.82, 2.24) is 14.7 Å². The third-order valence-corrected chi connectivity index (χ3v) is 3.72. The summed E-state index contributed by atoms with van der Waals surface area (Å²) in [5.41, 5.74) is 1.09. The third-order valence-electron chi connectivity index (χ3n) is 3.43. The first-order chi connectivity index (χ1) is 11.5. The third kappa shape index (κ3) is 3.74. The molecule has 0 bridgehead atoms. The molecular weight excluding hydrogens is 332 g/mol. The zero-order valence-corrected chi connectivity index (χ0v) is 13.8. The fourth-order valence-corrected chi connectivity index (χ4v) is 2.54. The Morgan fingerprint density at radius 3 is 2.71 bits per heavy atom. The second-order valence-electron chi connectivity index (χ2n) is 5.44. The van der Waals surface area contributed by atoms with Gasteiger partial charge >= 0.3 is 0 Å². The van der Waals surface area contributed by atoms with Crippen molar-refractivity contribution in [3.8, 4) is 11.5 Å². The van der Waals surface area contributed by atoms with Crippen LogP contribution >= 0.6 is 12.2 Å². The highest BCUT2D eigenvalue weighted by molar-refractivity contribution is 7.71. The van der Waals surface area contributed by atoms with E-state index in [1.54, 1.807) is 24.3 Å². The number of hydrogen-bond acceptors (Lipinski definition) is 4. The molecule has 0 spiro atoms. The van der Waals surface area contributed by atoms with Crippen LogP contribution in [-0.2, 0) is 13.2 Å². The summed E-state index contributed by atoms with van der Waals surface area (Å²) < 4.78 is 33.9. The smallest absolute Gasteiger partial charge is 0.288 e. The van der Waals surface area contributed by atoms with Gasteiger partial charge in [0.25, 0.3) is 4.84 Å². The van der Waals surface area contributed by atoms with Crippen LogP contribution in [0.25, 0.3) is 11.5 Å². The van der Waals surface area contributed by atoms with Gasteiger partial charge in [0.2, 0.25) is 5.89 Å². The lowest BCUT2D eigenvalue weighted by molar-refractivity contribution is 0.240. The predicted molar refractivity (Wildman–Crippen MR) is 88.6 cm³/mol. The molecule has 7 heteroatoms. The van der Waals surface area contributed by atoms with Crippen molar-refractivity contribution in [2.75, 3.05) is 7.05 Å². The largest absolute Gasteiger partial charge is 0.409 e. The van der Waals surface area contributed by atoms with E-state index in [0.717, 1.165) is 5.56 Å². The average molecular weight is 347 g/mol. The van der Waals surface area contributed by atoms with E-state index in [4.69, 9.17) is 16.6 Å². The molecule has 0 aliphatic rings. The van der Waals surface area contributed by atoms with Crippen LogP contribution in [0.2, 0.25) is 0 Å². The Balaban J connectivity index is 1.76. The lowest BCUT2D eigenvalue weighted by atomic mass is 10.2. The standard InChI is InChI=1S/C17H15F2N3OS/c1-21(10-12-5-4-6-13(18)9-12)11-22-17(24)23-16(20-22)14-7-2-3-8-15(14)19/h2-9H,10-11H2,1H3. The number of benzene rings is 2. The van der Waals surface area contributed by atoms with E-state index in [2.05, 4.69) is 5.10 Å². The monoisotopic (exact) mass is 347 g/mol. The summed E-state index contributed by atoms with van der Waals surface area (Å²) in [6.45, 7) is 0.856. The van der Waals surface area contributed by atoms with Gasteiger partial charge in [0, 0.05) is 6.54 Å². The molecule has 1 heterocycles. The van der Waals surface area contributed by atoms with Gasteiger partial charge in [-0.05, 0) is 49.1 Å². The van der Waals surface area contributed by atoms with Crippen molar-refractivity contribution in [2.24, 2.45) is 0 Å². The first-order valence-electron chi connectivity index (χ1n) is 7.29. The number of halogens is 2. The molecule has 3 rings (SSSR count). The lowest BCUT2D eigenvalue weighted by Crippen LogP contribution is -2.22. The van der Waals surface area contributed by atoms with E-state index in [-0.39, 0.29) is 22.1 Å². The van der Waals surface area contributed by atoms with Gasteiger partial charge in [0.1, 0.15) is 11.6 Å². The van der Waals surface area contributed by atoms with Crippen LogP contribution in [0.1, 0.15) is 5.56 Å². The molecule has 124 valence electrons. The van der Waals surface area contributed by atoms with Gasteiger partial charge in [0.05, 0.1) is 12.2 Å². The highest BCUT2D eigenvalue weighted by Crippen LogP contribution is 2.21. The summed E-state index contributed by atoms with van der Waals surface area (Å²) in [6.07, 6.45) is 0. The molecule has 24 heavy (non-hydrogen) atoms. The van der Waals surface area contributed by atoms with Gasteiger partial charge in [-0.25, -0.2) is 13.5 Å². The van der Waals surface area contributed by atoms with Gasteiger partial charge in [0.15, 0.2) is 0 Å². The molecule has 0 amide bonds. The minimum absolute atomic E-state index is 0.136. The number of rotatable bonds is 5. The molecule has 0 saturated heterocycles. The lowest BCUT2D eigenvalue weighted by Gasteiger charge is -2.15. The summed E-state index contributed by atoms with van der Waals surface area (Å²) in [5.74, 6) is -0.563. The maximum atomic E-state index is 13.8. The quantitative estimate of drug-likeness (QED) is 0.647. The fraction of sp³-hybridized carbons (Fsp3) is 0.176. The van der Waals surface area contributed by atoms with Crippen LogP contribution < -0.4 is 0 Å². The summed E-state index contributed by atoms with van der Waals surface area (Å²) in [6, 6.07) is 12.6. The SMILES string of the molecule is CN(Cc1cccc(F)c1)Cn1nc(-c2ccccc2F)oc1=S. The Labute approximate surface area is 143 Å². The topological polar surface area (TPSA) is 34.2 Å². The second kappa shape index (κ2) is 7.02. The van der Waals surface area contributed by atoms with Crippen LogP contribution in [0.15, 0.2) is 52.9 Å². The Morgan fingerprint density at radius 1 is 1.17 bits per heavy atom. The number of hydrogen-bond donors (Lipinski definition) is 0. The summed E-state index contributed by atoms with van der Waals surface area (Å²) in [7, 11) is 1.85. The fourth-order valence-electron chi connectivity index (χ4n) is 2.36. The van der Waals surface area contributed by atoms with Crippen LogP contribution in [0.4, 0.5) is 8.78 Å². The highest BCUT2D eigenvalue weighted by Gasteiger charge is 2.13. The molecule has 1 aromatic heterocycles. The Morgan fingerprint density at radius 2 is 1.96 bits per heavy atom. The maximum Gasteiger partial charge on any atom is 0.288 e. The number of nitrogens with zero attached hydrogens (tertiary/aromatic N) is 3. The maximum absolute atomic E-state index is 13.8. The summed E-state index contributed by atoms with van der Waals surface area (Å²) >= 11 is 5.14. The second-order valence-corrected chi connectivity index (χ2v) is 5.79. The molecule has 0 aliphatic heterocycles. The van der Waals surface area contributed by atoms with E-state index < -0.39 is 5.82 Å². The minimum Gasteiger partial charge on any atom is -0.409 e. The molecule has 0 N–H and O–H groups in total. The summed E-state index contributed by atoms with van der Waals surface area (Å²) in [4.78, 5) is 2.05. The first kappa shape index (κ1) is 16.5. The molecule has 0 fully saturated rings. The van der Waals surface area contributed by atoms with E-state index in [9.17, 15) is 8.78 Å². The van der Waals surface area contributed by atoms with Crippen LogP contribution in [-0.4, -0.2) is 21.7 Å². The van der Waals surface area contributed by atoms with Crippen molar-refractivity contribution in [3.05, 3.63) is 70.6 Å². The molecule has 0 atom stereocenters. The first-order valence-corrected chi connectivity index (χ1v) is 7.69. The van der Waals surface area contributed by atoms with Crippen molar-refractivity contribution in [1.29, 1.82) is 0 Å². The van der Waals surface area contributed by atoms with Crippen LogP contribution in [0.5, 0.6) is 0 Å². The zero-order chi connectivity index (χ0) is 17.1. The van der Waals surface area contributed by atoms with Crippen molar-refractivity contribution in [2.45, 2.75) is 13.2 Å². The predicted octanol–water partition coefficient (Wildman–Crippen LogP) is 4.24. The molecule has 2 aromatic carbocycles. The van der Waals surface area contributed by atoms with Crippen LogP contribution in [0, 0.1) is 16.5 Å². The van der Waals surface area contributed by atoms with Gasteiger partial charge < -0.3 is 4.42 Å². The van der Waals surface area contributed by atoms with Crippen molar-refractivity contribution >= 4 is 12.2 Å². The van der Waals surface area contributed by atoms with Gasteiger partial charge in [-0.15, -0.1) is 5.10 Å². The Kier molecular flexibility index (Phi) is 4.82. The van der Waals surface area contributed by atoms with Gasteiger partial charge in [-0.1, -0.05) is 24.3 Å². The molecular formula is C17H15F2N3OS. The normalized spacial score (nSPS) is 11.2. The van der Waals surface area contributed by atoms with E-state index in [0.29, 0.717) is 13.2 Å². The molecule has 4 nitrogen and oxygen atoms in total. The molecule has 3 aromatic rings. The van der Waals surface area contributed by atoms with E-state index >= 15 is 0 Å². The van der Waals surface area contributed by atoms with Crippen LogP contribution in [0.3, 0.4) is 0 Å². The molecule has 0 saturated carbocycles. The molecule has 0 unspecified atom stereocenters. The van der Waals surface area contributed by atoms with Gasteiger partial charge in [-0.2, -0.15) is 0 Å². The zero-order valence-electron chi connectivity index (χ0n) is 12.9. The number of aromatic nitrogens is 2. The van der Waals surface area contributed by atoms with E-state index in [1.807, 2.05) is 18.0 Å². The van der Waals surface area contributed by atoms with Crippen molar-refractivity contribution in [3.63, 3.8) is 0 Å². The van der Waals surface area contributed by atoms with E-state index in [1.165, 1.54) is 22.9 Å². The van der Waals surface area contributed by atoms with Crippen molar-refractivity contribution < 1.29 is 13.2 Å². The highest BCUT2D eigenvalue weighted by atomic mass is 32.1. The summed E-state index contributed by atoms with van der Waals surface area (Å²) in [5, 5.41) is 4.23. The Bertz CT molecular complexity index is 907.